The van der Waals surface area contributed by atoms with Crippen LogP contribution in [0.25, 0.3) is 11.1 Å². The largest absolute Gasteiger partial charge is 0.329 e. The number of rotatable bonds is 3. The molecule has 1 heterocycles. The smallest absolute Gasteiger partial charge is 0.250 e. The van der Waals surface area contributed by atoms with Gasteiger partial charge in [-0.2, -0.15) is 0 Å². The van der Waals surface area contributed by atoms with Crippen LogP contribution in [-0.2, 0) is 6.54 Å². The Kier molecular flexibility index (Phi) is 3.40. The third-order valence-electron chi connectivity index (χ3n) is 2.74. The number of pyridine rings is 1. The number of benzene rings is 1. The molecule has 0 aliphatic rings. The average Bonchev–Trinajstić information content (AvgIpc) is 2.33. The molecule has 2 aromatic rings. The summed E-state index contributed by atoms with van der Waals surface area (Å²) in [5.74, 6) is 0. The lowest BCUT2D eigenvalue weighted by molar-refractivity contribution is 0.682. The van der Waals surface area contributed by atoms with Crippen LogP contribution in [0.1, 0.15) is 5.56 Å². The molecule has 0 radical (unpaired) electrons. The fourth-order valence-corrected chi connectivity index (χ4v) is 1.76. The first-order valence-corrected chi connectivity index (χ1v) is 5.68. The molecule has 1 aromatic heterocycles. The number of aromatic nitrogens is 1. The Hall–Kier alpha value is -1.87. The molecular formula is C14H16N2O. The van der Waals surface area contributed by atoms with Crippen molar-refractivity contribution in [1.29, 1.82) is 0 Å². The lowest BCUT2D eigenvalue weighted by Gasteiger charge is -2.07. The molecule has 0 bridgehead atoms. The van der Waals surface area contributed by atoms with E-state index in [1.165, 1.54) is 5.56 Å². The fraction of sp³-hybridized carbons (Fsp3) is 0.214. The summed E-state index contributed by atoms with van der Waals surface area (Å²) in [6, 6.07) is 11.7. The Morgan fingerprint density at radius 1 is 1.06 bits per heavy atom. The molecule has 0 aliphatic heterocycles. The zero-order chi connectivity index (χ0) is 12.3. The van der Waals surface area contributed by atoms with Gasteiger partial charge in [-0.05, 0) is 24.1 Å². The van der Waals surface area contributed by atoms with Crippen molar-refractivity contribution in [2.24, 2.45) is 5.73 Å². The van der Waals surface area contributed by atoms with Crippen molar-refractivity contribution < 1.29 is 0 Å². The van der Waals surface area contributed by atoms with Crippen LogP contribution in [0.3, 0.4) is 0 Å². The molecule has 1 aromatic carbocycles. The third-order valence-corrected chi connectivity index (χ3v) is 2.74. The van der Waals surface area contributed by atoms with Gasteiger partial charge in [-0.3, -0.25) is 4.79 Å². The molecule has 0 aliphatic carbocycles. The zero-order valence-corrected chi connectivity index (χ0v) is 9.89. The minimum absolute atomic E-state index is 0.00804. The van der Waals surface area contributed by atoms with E-state index in [4.69, 9.17) is 5.73 Å². The van der Waals surface area contributed by atoms with E-state index >= 15 is 0 Å². The topological polar surface area (TPSA) is 48.0 Å². The maximum Gasteiger partial charge on any atom is 0.250 e. The van der Waals surface area contributed by atoms with Crippen molar-refractivity contribution in [2.75, 3.05) is 6.54 Å². The normalized spacial score (nSPS) is 10.5. The SMILES string of the molecule is Cc1ccc(-c2ccc(=O)n(CCN)c2)cc1. The van der Waals surface area contributed by atoms with Crippen molar-refractivity contribution in [3.8, 4) is 11.1 Å². The summed E-state index contributed by atoms with van der Waals surface area (Å²) in [7, 11) is 0. The third kappa shape index (κ3) is 2.63. The van der Waals surface area contributed by atoms with E-state index < -0.39 is 0 Å². The lowest BCUT2D eigenvalue weighted by atomic mass is 10.1. The van der Waals surface area contributed by atoms with Crippen LogP contribution in [0.5, 0.6) is 0 Å². The second kappa shape index (κ2) is 4.97. The highest BCUT2D eigenvalue weighted by Gasteiger charge is 2.00. The fourth-order valence-electron chi connectivity index (χ4n) is 1.76. The first kappa shape index (κ1) is 11.6. The van der Waals surface area contributed by atoms with E-state index in [1.807, 2.05) is 12.3 Å². The molecule has 0 amide bonds. The van der Waals surface area contributed by atoms with Crippen LogP contribution >= 0.6 is 0 Å². The van der Waals surface area contributed by atoms with Gasteiger partial charge in [-0.1, -0.05) is 29.8 Å². The second-order valence-electron chi connectivity index (χ2n) is 4.10. The van der Waals surface area contributed by atoms with Gasteiger partial charge < -0.3 is 10.3 Å². The van der Waals surface area contributed by atoms with Gasteiger partial charge in [0.1, 0.15) is 0 Å². The molecule has 2 N–H and O–H groups in total. The Balaban J connectivity index is 2.42. The van der Waals surface area contributed by atoms with Gasteiger partial charge in [0.05, 0.1) is 0 Å². The van der Waals surface area contributed by atoms with Gasteiger partial charge in [0.25, 0.3) is 5.56 Å². The summed E-state index contributed by atoms with van der Waals surface area (Å²) in [6.07, 6.45) is 1.86. The molecule has 0 saturated carbocycles. The Bertz CT molecular complexity index is 555. The van der Waals surface area contributed by atoms with Crippen molar-refractivity contribution in [2.45, 2.75) is 13.5 Å². The number of hydrogen-bond donors (Lipinski definition) is 1. The van der Waals surface area contributed by atoms with Crippen LogP contribution in [-0.4, -0.2) is 11.1 Å². The van der Waals surface area contributed by atoms with Crippen molar-refractivity contribution in [3.05, 3.63) is 58.5 Å². The Labute approximate surface area is 101 Å². The molecule has 0 saturated heterocycles. The molecule has 0 atom stereocenters. The minimum Gasteiger partial charge on any atom is -0.329 e. The maximum atomic E-state index is 11.6. The summed E-state index contributed by atoms with van der Waals surface area (Å²) >= 11 is 0. The van der Waals surface area contributed by atoms with Gasteiger partial charge in [0.2, 0.25) is 0 Å². The predicted octanol–water partition coefficient (Wildman–Crippen LogP) is 1.78. The second-order valence-corrected chi connectivity index (χ2v) is 4.10. The summed E-state index contributed by atoms with van der Waals surface area (Å²) in [4.78, 5) is 11.6. The summed E-state index contributed by atoms with van der Waals surface area (Å²) in [6.45, 7) is 3.08. The number of aryl methyl sites for hydroxylation is 1. The van der Waals surface area contributed by atoms with Gasteiger partial charge in [0.15, 0.2) is 0 Å². The van der Waals surface area contributed by atoms with Crippen LogP contribution < -0.4 is 11.3 Å². The van der Waals surface area contributed by atoms with Gasteiger partial charge >= 0.3 is 0 Å². The molecular weight excluding hydrogens is 212 g/mol. The highest BCUT2D eigenvalue weighted by atomic mass is 16.1. The molecule has 0 unspecified atom stereocenters. The molecule has 88 valence electrons. The van der Waals surface area contributed by atoms with E-state index in [9.17, 15) is 4.79 Å². The van der Waals surface area contributed by atoms with Gasteiger partial charge in [-0.25, -0.2) is 0 Å². The Morgan fingerprint density at radius 3 is 2.35 bits per heavy atom. The molecule has 17 heavy (non-hydrogen) atoms. The summed E-state index contributed by atoms with van der Waals surface area (Å²) in [5, 5.41) is 0. The minimum atomic E-state index is -0.00804. The van der Waals surface area contributed by atoms with E-state index in [-0.39, 0.29) is 5.56 Å². The van der Waals surface area contributed by atoms with E-state index in [1.54, 1.807) is 10.6 Å². The molecule has 3 heteroatoms. The zero-order valence-electron chi connectivity index (χ0n) is 9.89. The summed E-state index contributed by atoms with van der Waals surface area (Å²) < 4.78 is 1.65. The average molecular weight is 228 g/mol. The molecule has 0 spiro atoms. The van der Waals surface area contributed by atoms with Gasteiger partial charge in [0, 0.05) is 25.4 Å². The van der Waals surface area contributed by atoms with E-state index in [0.29, 0.717) is 13.1 Å². The first-order valence-electron chi connectivity index (χ1n) is 5.68. The van der Waals surface area contributed by atoms with Crippen molar-refractivity contribution >= 4 is 0 Å². The number of hydrogen-bond acceptors (Lipinski definition) is 2. The summed E-state index contributed by atoms with van der Waals surface area (Å²) in [5.41, 5.74) is 8.85. The Morgan fingerprint density at radius 2 is 1.71 bits per heavy atom. The molecule has 0 fully saturated rings. The first-order chi connectivity index (χ1) is 8.20. The van der Waals surface area contributed by atoms with Crippen LogP contribution in [0.15, 0.2) is 47.4 Å². The van der Waals surface area contributed by atoms with E-state index in [0.717, 1.165) is 11.1 Å². The highest BCUT2D eigenvalue weighted by molar-refractivity contribution is 5.62. The molecule has 2 rings (SSSR count). The standard InChI is InChI=1S/C14H16N2O/c1-11-2-4-12(5-3-11)13-6-7-14(17)16(10-13)9-8-15/h2-7,10H,8-9,15H2,1H3. The maximum absolute atomic E-state index is 11.6. The number of nitrogens with two attached hydrogens (primary N) is 1. The van der Waals surface area contributed by atoms with Crippen LogP contribution in [0, 0.1) is 6.92 Å². The van der Waals surface area contributed by atoms with Crippen molar-refractivity contribution in [1.82, 2.24) is 4.57 Å². The quantitative estimate of drug-likeness (QED) is 0.870. The monoisotopic (exact) mass is 228 g/mol. The van der Waals surface area contributed by atoms with Crippen LogP contribution in [0.4, 0.5) is 0 Å². The van der Waals surface area contributed by atoms with Crippen LogP contribution in [0.2, 0.25) is 0 Å². The number of nitrogens with zero attached hydrogens (tertiary/aromatic N) is 1. The van der Waals surface area contributed by atoms with Crippen molar-refractivity contribution in [3.63, 3.8) is 0 Å². The van der Waals surface area contributed by atoms with Gasteiger partial charge in [-0.15, -0.1) is 0 Å². The predicted molar refractivity (Wildman–Crippen MR) is 69.9 cm³/mol. The highest BCUT2D eigenvalue weighted by Crippen LogP contribution is 2.18. The molecule has 3 nitrogen and oxygen atoms in total. The lowest BCUT2D eigenvalue weighted by Crippen LogP contribution is -2.22. The van der Waals surface area contributed by atoms with E-state index in [2.05, 4.69) is 31.2 Å².